The van der Waals surface area contributed by atoms with Crippen molar-refractivity contribution in [3.8, 4) is 22.6 Å². The van der Waals surface area contributed by atoms with E-state index in [1.807, 2.05) is 41.9 Å². The molecule has 4 heteroatoms. The Kier molecular flexibility index (Phi) is 3.25. The quantitative estimate of drug-likeness (QED) is 0.531. The van der Waals surface area contributed by atoms with E-state index in [9.17, 15) is 0 Å². The lowest BCUT2D eigenvalue weighted by molar-refractivity contribution is 0.437. The number of rotatable bonds is 2. The first kappa shape index (κ1) is 15.0. The van der Waals surface area contributed by atoms with Crippen LogP contribution in [-0.2, 0) is 0 Å². The molecule has 0 aliphatic carbocycles. The van der Waals surface area contributed by atoms with E-state index < -0.39 is 0 Å². The van der Waals surface area contributed by atoms with E-state index in [0.29, 0.717) is 0 Å². The number of nitrogens with one attached hydrogen (secondary N) is 1. The summed E-state index contributed by atoms with van der Waals surface area (Å²) in [4.78, 5) is 0. The van der Waals surface area contributed by atoms with Crippen LogP contribution < -0.4 is 5.32 Å². The van der Waals surface area contributed by atoms with Crippen molar-refractivity contribution in [2.24, 2.45) is 0 Å². The van der Waals surface area contributed by atoms with Crippen molar-refractivity contribution >= 4 is 5.69 Å². The van der Waals surface area contributed by atoms with Crippen molar-refractivity contribution in [2.45, 2.75) is 20.0 Å². The second-order valence-corrected chi connectivity index (χ2v) is 6.73. The molecule has 4 aromatic rings. The van der Waals surface area contributed by atoms with Gasteiger partial charge in [0.15, 0.2) is 6.17 Å². The summed E-state index contributed by atoms with van der Waals surface area (Å²) in [5, 5.41) is 8.34. The molecule has 1 unspecified atom stereocenters. The van der Waals surface area contributed by atoms with Gasteiger partial charge in [0.1, 0.15) is 11.5 Å². The highest BCUT2D eigenvalue weighted by Gasteiger charge is 2.29. The highest BCUT2D eigenvalue weighted by molar-refractivity contribution is 5.81. The van der Waals surface area contributed by atoms with Gasteiger partial charge in [-0.25, -0.2) is 4.68 Å². The Morgan fingerprint density at radius 1 is 0.962 bits per heavy atom. The van der Waals surface area contributed by atoms with Gasteiger partial charge >= 0.3 is 0 Å². The van der Waals surface area contributed by atoms with E-state index in [1.54, 1.807) is 0 Å². The second kappa shape index (κ2) is 5.63. The average Bonchev–Trinajstić information content (AvgIpc) is 3.29. The highest BCUT2D eigenvalue weighted by atomic mass is 16.3. The molecular weight excluding hydrogens is 322 g/mol. The molecule has 0 radical (unpaired) electrons. The Balaban J connectivity index is 1.63. The molecule has 1 aliphatic rings. The standard InChI is InChI=1S/C22H19N3O/c1-14-7-6-10-17-18-13-15(2)24-25(18)22(23-21(14)17)20-12-11-19(26-20)16-8-4-3-5-9-16/h3-13,22-23H,1-2H3. The third-order valence-corrected chi connectivity index (χ3v) is 4.89. The van der Waals surface area contributed by atoms with Crippen LogP contribution in [0.3, 0.4) is 0 Å². The number of fused-ring (bicyclic) bond motifs is 3. The molecule has 5 rings (SSSR count). The van der Waals surface area contributed by atoms with E-state index in [2.05, 4.69) is 48.6 Å². The summed E-state index contributed by atoms with van der Waals surface area (Å²) < 4.78 is 8.23. The minimum atomic E-state index is -0.162. The van der Waals surface area contributed by atoms with Crippen molar-refractivity contribution in [1.82, 2.24) is 9.78 Å². The monoisotopic (exact) mass is 341 g/mol. The topological polar surface area (TPSA) is 43.0 Å². The van der Waals surface area contributed by atoms with E-state index in [0.717, 1.165) is 34.2 Å². The van der Waals surface area contributed by atoms with E-state index in [1.165, 1.54) is 11.1 Å². The third-order valence-electron chi connectivity index (χ3n) is 4.89. The maximum atomic E-state index is 6.21. The Bertz CT molecular complexity index is 1090. The lowest BCUT2D eigenvalue weighted by Gasteiger charge is -2.28. The zero-order valence-electron chi connectivity index (χ0n) is 14.7. The van der Waals surface area contributed by atoms with E-state index in [-0.39, 0.29) is 6.17 Å². The van der Waals surface area contributed by atoms with Crippen LogP contribution in [0.15, 0.2) is 71.1 Å². The summed E-state index contributed by atoms with van der Waals surface area (Å²) in [5.74, 6) is 1.71. The maximum Gasteiger partial charge on any atom is 0.180 e. The molecule has 2 aromatic carbocycles. The van der Waals surface area contributed by atoms with Crippen LogP contribution in [0.4, 0.5) is 5.69 Å². The zero-order valence-corrected chi connectivity index (χ0v) is 14.7. The number of hydrogen-bond donors (Lipinski definition) is 1. The Labute approximate surface area is 152 Å². The first-order valence-electron chi connectivity index (χ1n) is 8.78. The third kappa shape index (κ3) is 2.26. The molecule has 0 saturated carbocycles. The molecule has 26 heavy (non-hydrogen) atoms. The summed E-state index contributed by atoms with van der Waals surface area (Å²) in [6.45, 7) is 4.15. The van der Waals surface area contributed by atoms with Crippen LogP contribution >= 0.6 is 0 Å². The Morgan fingerprint density at radius 3 is 2.65 bits per heavy atom. The van der Waals surface area contributed by atoms with Crippen molar-refractivity contribution in [3.63, 3.8) is 0 Å². The van der Waals surface area contributed by atoms with Gasteiger partial charge in [0, 0.05) is 16.8 Å². The zero-order chi connectivity index (χ0) is 17.7. The number of aromatic nitrogens is 2. The van der Waals surface area contributed by atoms with Gasteiger partial charge in [0.05, 0.1) is 11.4 Å². The summed E-state index contributed by atoms with van der Waals surface area (Å²) in [6.07, 6.45) is -0.162. The van der Waals surface area contributed by atoms with Crippen molar-refractivity contribution in [3.05, 3.63) is 83.7 Å². The number of aryl methyl sites for hydroxylation is 2. The molecule has 1 aliphatic heterocycles. The predicted molar refractivity (Wildman–Crippen MR) is 103 cm³/mol. The van der Waals surface area contributed by atoms with Crippen LogP contribution in [0.25, 0.3) is 22.6 Å². The number of anilines is 1. The van der Waals surface area contributed by atoms with Gasteiger partial charge in [-0.05, 0) is 37.6 Å². The number of para-hydroxylation sites is 1. The molecular formula is C22H19N3O. The summed E-state index contributed by atoms with van der Waals surface area (Å²) in [7, 11) is 0. The fourth-order valence-corrected chi connectivity index (χ4v) is 3.63. The van der Waals surface area contributed by atoms with Gasteiger partial charge in [0.25, 0.3) is 0 Å². The van der Waals surface area contributed by atoms with E-state index >= 15 is 0 Å². The molecule has 3 heterocycles. The van der Waals surface area contributed by atoms with Crippen LogP contribution in [-0.4, -0.2) is 9.78 Å². The van der Waals surface area contributed by atoms with Crippen LogP contribution in [0.2, 0.25) is 0 Å². The van der Waals surface area contributed by atoms with Crippen molar-refractivity contribution < 1.29 is 4.42 Å². The fraction of sp³-hybridized carbons (Fsp3) is 0.136. The van der Waals surface area contributed by atoms with Gasteiger partial charge in [-0.3, -0.25) is 0 Å². The molecule has 0 bridgehead atoms. The van der Waals surface area contributed by atoms with Gasteiger partial charge in [-0.1, -0.05) is 48.5 Å². The maximum absolute atomic E-state index is 6.21. The molecule has 0 saturated heterocycles. The molecule has 1 atom stereocenters. The number of nitrogens with zero attached hydrogens (tertiary/aromatic N) is 2. The van der Waals surface area contributed by atoms with Crippen molar-refractivity contribution in [1.29, 1.82) is 0 Å². The molecule has 2 aromatic heterocycles. The van der Waals surface area contributed by atoms with Gasteiger partial charge in [-0.15, -0.1) is 0 Å². The first-order chi connectivity index (χ1) is 12.7. The first-order valence-corrected chi connectivity index (χ1v) is 8.78. The molecule has 1 N–H and O–H groups in total. The number of furan rings is 1. The van der Waals surface area contributed by atoms with Crippen molar-refractivity contribution in [2.75, 3.05) is 5.32 Å². The molecule has 128 valence electrons. The lowest BCUT2D eigenvalue weighted by atomic mass is 10.0. The van der Waals surface area contributed by atoms with Crippen LogP contribution in [0, 0.1) is 13.8 Å². The number of benzene rings is 2. The predicted octanol–water partition coefficient (Wildman–Crippen LogP) is 5.40. The largest absolute Gasteiger partial charge is 0.457 e. The minimum Gasteiger partial charge on any atom is -0.457 e. The Morgan fingerprint density at radius 2 is 1.81 bits per heavy atom. The minimum absolute atomic E-state index is 0.162. The van der Waals surface area contributed by atoms with Gasteiger partial charge < -0.3 is 9.73 Å². The Hall–Kier alpha value is -3.27. The highest BCUT2D eigenvalue weighted by Crippen LogP contribution is 2.41. The number of hydrogen-bond acceptors (Lipinski definition) is 3. The second-order valence-electron chi connectivity index (χ2n) is 6.73. The van der Waals surface area contributed by atoms with E-state index in [4.69, 9.17) is 9.52 Å². The molecule has 4 nitrogen and oxygen atoms in total. The smallest absolute Gasteiger partial charge is 0.180 e. The molecule has 0 spiro atoms. The fourth-order valence-electron chi connectivity index (χ4n) is 3.63. The van der Waals surface area contributed by atoms with Crippen LogP contribution in [0.5, 0.6) is 0 Å². The summed E-state index contributed by atoms with van der Waals surface area (Å²) in [6, 6.07) is 22.7. The molecule has 0 amide bonds. The normalized spacial score (nSPS) is 15.2. The SMILES string of the molecule is Cc1cc2n(n1)C(c1ccc(-c3ccccc3)o1)Nc1c(C)cccc1-2. The van der Waals surface area contributed by atoms with Gasteiger partial charge in [0.2, 0.25) is 0 Å². The van der Waals surface area contributed by atoms with Crippen LogP contribution in [0.1, 0.15) is 23.2 Å². The summed E-state index contributed by atoms with van der Waals surface area (Å²) >= 11 is 0. The summed E-state index contributed by atoms with van der Waals surface area (Å²) in [5.41, 5.74) is 6.72. The average molecular weight is 341 g/mol. The molecule has 0 fully saturated rings. The lowest BCUT2D eigenvalue weighted by Crippen LogP contribution is -2.25. The van der Waals surface area contributed by atoms with Gasteiger partial charge in [-0.2, -0.15) is 5.10 Å².